The first-order valence-corrected chi connectivity index (χ1v) is 10.0. The second-order valence-corrected chi connectivity index (χ2v) is 7.56. The molecule has 1 aliphatic rings. The van der Waals surface area contributed by atoms with Crippen LogP contribution in [-0.2, 0) is 11.3 Å². The number of imide groups is 1. The van der Waals surface area contributed by atoms with E-state index in [1.54, 1.807) is 24.3 Å². The van der Waals surface area contributed by atoms with Crippen LogP contribution < -0.4 is 9.47 Å². The molecule has 1 heterocycles. The second-order valence-electron chi connectivity index (χ2n) is 6.16. The molecular formula is C20H17ClN2O6S. The van der Waals surface area contributed by atoms with Crippen LogP contribution in [0.1, 0.15) is 18.1 Å². The largest absolute Gasteiger partial charge is 0.493 e. The smallest absolute Gasteiger partial charge is 0.293 e. The van der Waals surface area contributed by atoms with Crippen LogP contribution in [0.2, 0.25) is 5.02 Å². The van der Waals surface area contributed by atoms with Gasteiger partial charge in [-0.15, -0.1) is 0 Å². The van der Waals surface area contributed by atoms with Gasteiger partial charge in [0.1, 0.15) is 0 Å². The lowest BCUT2D eigenvalue weighted by Crippen LogP contribution is -2.27. The molecule has 0 aromatic heterocycles. The van der Waals surface area contributed by atoms with Crippen LogP contribution in [0.4, 0.5) is 10.5 Å². The molecule has 0 atom stereocenters. The molecule has 1 aliphatic heterocycles. The fourth-order valence-electron chi connectivity index (χ4n) is 2.85. The highest BCUT2D eigenvalue weighted by Crippen LogP contribution is 2.39. The summed E-state index contributed by atoms with van der Waals surface area (Å²) in [5.41, 5.74) is 0.950. The minimum absolute atomic E-state index is 0.0585. The Kier molecular flexibility index (Phi) is 6.63. The van der Waals surface area contributed by atoms with Crippen molar-refractivity contribution in [3.63, 3.8) is 0 Å². The lowest BCUT2D eigenvalue weighted by atomic mass is 10.1. The van der Waals surface area contributed by atoms with Gasteiger partial charge in [-0.05, 0) is 48.0 Å². The van der Waals surface area contributed by atoms with Crippen LogP contribution in [0.25, 0.3) is 6.08 Å². The minimum atomic E-state index is -0.528. The number of carbonyl (C=O) groups excluding carboxylic acids is 2. The maximum atomic E-state index is 12.7. The standard InChI is InChI=1S/C20H17ClN2O6S/c1-3-29-18-15(21)8-13(9-16(18)28-2)10-17-19(24)22(20(25)30-17)11-12-5-4-6-14(7-12)23(26)27/h4-10H,3,11H2,1-2H3. The second kappa shape index (κ2) is 9.19. The Labute approximate surface area is 181 Å². The Balaban J connectivity index is 1.85. The number of hydrogen-bond acceptors (Lipinski definition) is 7. The number of hydrogen-bond donors (Lipinski definition) is 0. The maximum Gasteiger partial charge on any atom is 0.293 e. The van der Waals surface area contributed by atoms with E-state index in [-0.39, 0.29) is 17.1 Å². The summed E-state index contributed by atoms with van der Waals surface area (Å²) in [6.45, 7) is 2.17. The lowest BCUT2D eigenvalue weighted by Gasteiger charge is -2.13. The molecule has 2 amide bonds. The number of ether oxygens (including phenoxy) is 2. The Morgan fingerprint density at radius 1 is 1.27 bits per heavy atom. The van der Waals surface area contributed by atoms with E-state index in [9.17, 15) is 19.7 Å². The zero-order valence-corrected chi connectivity index (χ0v) is 17.7. The van der Waals surface area contributed by atoms with E-state index in [1.165, 1.54) is 25.3 Å². The predicted octanol–water partition coefficient (Wildman–Crippen LogP) is 4.89. The monoisotopic (exact) mass is 448 g/mol. The molecule has 0 N–H and O–H groups in total. The summed E-state index contributed by atoms with van der Waals surface area (Å²) < 4.78 is 10.8. The SMILES string of the molecule is CCOc1c(Cl)cc(C=C2SC(=O)N(Cc3cccc([N+](=O)[O-])c3)C2=O)cc1OC. The van der Waals surface area contributed by atoms with Crippen LogP contribution in [0.5, 0.6) is 11.5 Å². The van der Waals surface area contributed by atoms with E-state index in [4.69, 9.17) is 21.1 Å². The van der Waals surface area contributed by atoms with Crippen molar-refractivity contribution in [2.24, 2.45) is 0 Å². The van der Waals surface area contributed by atoms with Crippen molar-refractivity contribution in [2.75, 3.05) is 13.7 Å². The highest BCUT2D eigenvalue weighted by molar-refractivity contribution is 8.18. The van der Waals surface area contributed by atoms with E-state index in [0.717, 1.165) is 16.7 Å². The number of non-ortho nitro benzene ring substituents is 1. The number of nitrogens with zero attached hydrogens (tertiary/aromatic N) is 2. The zero-order valence-electron chi connectivity index (χ0n) is 16.1. The average molecular weight is 449 g/mol. The molecule has 1 fully saturated rings. The first kappa shape index (κ1) is 21.7. The lowest BCUT2D eigenvalue weighted by molar-refractivity contribution is -0.384. The van der Waals surface area contributed by atoms with Gasteiger partial charge in [-0.25, -0.2) is 0 Å². The Bertz CT molecular complexity index is 1060. The fourth-order valence-corrected chi connectivity index (χ4v) is 3.96. The van der Waals surface area contributed by atoms with Gasteiger partial charge in [0.15, 0.2) is 11.5 Å². The number of nitro benzene ring substituents is 1. The molecule has 10 heteroatoms. The number of benzene rings is 2. The predicted molar refractivity (Wildman–Crippen MR) is 114 cm³/mol. The number of carbonyl (C=O) groups is 2. The third kappa shape index (κ3) is 4.58. The van der Waals surface area contributed by atoms with E-state index in [1.807, 2.05) is 6.92 Å². The highest BCUT2D eigenvalue weighted by atomic mass is 35.5. The third-order valence-corrected chi connectivity index (χ3v) is 5.36. The first-order chi connectivity index (χ1) is 14.3. The molecule has 3 rings (SSSR count). The molecular weight excluding hydrogens is 432 g/mol. The topological polar surface area (TPSA) is 99.0 Å². The van der Waals surface area contributed by atoms with Gasteiger partial charge in [0, 0.05) is 12.1 Å². The molecule has 156 valence electrons. The molecule has 2 aromatic rings. The molecule has 8 nitrogen and oxygen atoms in total. The Hall–Kier alpha value is -3.04. The molecule has 30 heavy (non-hydrogen) atoms. The third-order valence-electron chi connectivity index (χ3n) is 4.17. The van der Waals surface area contributed by atoms with Gasteiger partial charge in [0.25, 0.3) is 16.8 Å². The average Bonchev–Trinajstić information content (AvgIpc) is 2.97. The summed E-state index contributed by atoms with van der Waals surface area (Å²) in [7, 11) is 1.48. The molecule has 0 unspecified atom stereocenters. The van der Waals surface area contributed by atoms with Gasteiger partial charge >= 0.3 is 0 Å². The summed E-state index contributed by atoms with van der Waals surface area (Å²) in [5.74, 6) is 0.324. The number of methoxy groups -OCH3 is 1. The fraction of sp³-hybridized carbons (Fsp3) is 0.200. The molecule has 0 saturated carbocycles. The van der Waals surface area contributed by atoms with Gasteiger partial charge in [-0.1, -0.05) is 23.7 Å². The van der Waals surface area contributed by atoms with Crippen molar-refractivity contribution < 1.29 is 24.0 Å². The maximum absolute atomic E-state index is 12.7. The van der Waals surface area contributed by atoms with Gasteiger partial charge < -0.3 is 9.47 Å². The van der Waals surface area contributed by atoms with Crippen molar-refractivity contribution in [3.8, 4) is 11.5 Å². The van der Waals surface area contributed by atoms with Crippen LogP contribution >= 0.6 is 23.4 Å². The molecule has 0 bridgehead atoms. The molecule has 0 spiro atoms. The number of halogens is 1. The summed E-state index contributed by atoms with van der Waals surface area (Å²) in [4.78, 5) is 36.8. The van der Waals surface area contributed by atoms with E-state index < -0.39 is 16.1 Å². The summed E-state index contributed by atoms with van der Waals surface area (Å²) in [6.07, 6.45) is 1.54. The van der Waals surface area contributed by atoms with Crippen molar-refractivity contribution in [3.05, 3.63) is 67.6 Å². The van der Waals surface area contributed by atoms with Crippen LogP contribution in [-0.4, -0.2) is 34.7 Å². The summed E-state index contributed by atoms with van der Waals surface area (Å²) in [5, 5.41) is 10.8. The van der Waals surface area contributed by atoms with Crippen molar-refractivity contribution >= 4 is 46.3 Å². The normalized spacial score (nSPS) is 15.0. The summed E-state index contributed by atoms with van der Waals surface area (Å²) in [6, 6.07) is 9.09. The van der Waals surface area contributed by atoms with Crippen molar-refractivity contribution in [1.82, 2.24) is 4.90 Å². The Morgan fingerprint density at radius 2 is 2.03 bits per heavy atom. The number of amides is 2. The van der Waals surface area contributed by atoms with Crippen LogP contribution in [0, 0.1) is 10.1 Å². The zero-order chi connectivity index (χ0) is 21.8. The molecule has 0 aliphatic carbocycles. The quantitative estimate of drug-likeness (QED) is 0.337. The molecule has 2 aromatic carbocycles. The summed E-state index contributed by atoms with van der Waals surface area (Å²) >= 11 is 7.05. The van der Waals surface area contributed by atoms with Gasteiger partial charge in [-0.2, -0.15) is 0 Å². The first-order valence-electron chi connectivity index (χ1n) is 8.83. The van der Waals surface area contributed by atoms with Gasteiger partial charge in [0.2, 0.25) is 0 Å². The van der Waals surface area contributed by atoms with Crippen molar-refractivity contribution in [2.45, 2.75) is 13.5 Å². The molecule has 1 saturated heterocycles. The van der Waals surface area contributed by atoms with Gasteiger partial charge in [-0.3, -0.25) is 24.6 Å². The Morgan fingerprint density at radius 3 is 2.70 bits per heavy atom. The van der Waals surface area contributed by atoms with Crippen molar-refractivity contribution in [1.29, 1.82) is 0 Å². The minimum Gasteiger partial charge on any atom is -0.493 e. The number of nitro groups is 1. The molecule has 0 radical (unpaired) electrons. The van der Waals surface area contributed by atoms with E-state index in [0.29, 0.717) is 34.3 Å². The highest BCUT2D eigenvalue weighted by Gasteiger charge is 2.35. The van der Waals surface area contributed by atoms with Gasteiger partial charge in [0.05, 0.1) is 35.1 Å². The van der Waals surface area contributed by atoms with E-state index >= 15 is 0 Å². The van der Waals surface area contributed by atoms with Crippen LogP contribution in [0.15, 0.2) is 41.3 Å². The number of rotatable bonds is 7. The number of thioether (sulfide) groups is 1. The van der Waals surface area contributed by atoms with E-state index in [2.05, 4.69) is 0 Å². The van der Waals surface area contributed by atoms with Crippen LogP contribution in [0.3, 0.4) is 0 Å².